The Morgan fingerprint density at radius 3 is 2.75 bits per heavy atom. The molecule has 2 aromatic rings. The monoisotopic (exact) mass is 275 g/mol. The summed E-state index contributed by atoms with van der Waals surface area (Å²) in [6.45, 7) is 7.20. The molecule has 106 valence electrons. The summed E-state index contributed by atoms with van der Waals surface area (Å²) in [5.74, 6) is -0.515. The van der Waals surface area contributed by atoms with Gasteiger partial charge in [0.1, 0.15) is 5.60 Å². The molecule has 7 nitrogen and oxygen atoms in total. The summed E-state index contributed by atoms with van der Waals surface area (Å²) in [5, 5.41) is 7.73. The first-order valence-corrected chi connectivity index (χ1v) is 6.14. The Balaban J connectivity index is 2.29. The van der Waals surface area contributed by atoms with Crippen molar-refractivity contribution in [3.8, 4) is 5.69 Å². The van der Waals surface area contributed by atoms with Crippen LogP contribution in [-0.2, 0) is 4.74 Å². The number of aryl methyl sites for hydroxylation is 1. The van der Waals surface area contributed by atoms with E-state index in [-0.39, 0.29) is 5.69 Å². The maximum absolute atomic E-state index is 11.9. The number of nitrogen functional groups attached to an aromatic ring is 1. The van der Waals surface area contributed by atoms with Crippen LogP contribution in [0.1, 0.15) is 37.0 Å². The first kappa shape index (κ1) is 14.0. The number of hydrogen-bond donors (Lipinski definition) is 1. The zero-order valence-electron chi connectivity index (χ0n) is 11.9. The molecule has 0 aliphatic heterocycles. The van der Waals surface area contributed by atoms with Crippen LogP contribution in [0, 0.1) is 6.92 Å². The number of ether oxygens (including phenoxy) is 1. The van der Waals surface area contributed by atoms with Gasteiger partial charge in [-0.15, -0.1) is 5.10 Å². The van der Waals surface area contributed by atoms with Crippen LogP contribution in [0.2, 0.25) is 0 Å². The van der Waals surface area contributed by atoms with Crippen LogP contribution in [0.15, 0.2) is 18.5 Å². The highest BCUT2D eigenvalue weighted by molar-refractivity contribution is 5.87. The summed E-state index contributed by atoms with van der Waals surface area (Å²) in [6, 6.07) is 1.72. The second kappa shape index (κ2) is 4.92. The molecule has 0 bridgehead atoms. The minimum Gasteiger partial charge on any atom is -0.455 e. The van der Waals surface area contributed by atoms with Crippen molar-refractivity contribution in [3.05, 3.63) is 29.8 Å². The molecule has 0 unspecified atom stereocenters. The number of carbonyl (C=O) groups excluding carboxylic acids is 1. The average molecular weight is 275 g/mol. The highest BCUT2D eigenvalue weighted by Gasteiger charge is 2.21. The third-order valence-electron chi connectivity index (χ3n) is 2.43. The van der Waals surface area contributed by atoms with Gasteiger partial charge in [0.15, 0.2) is 5.69 Å². The predicted molar refractivity (Wildman–Crippen MR) is 73.5 cm³/mol. The summed E-state index contributed by atoms with van der Waals surface area (Å²) in [5.41, 5.74) is 7.19. The molecule has 0 fully saturated rings. The minimum absolute atomic E-state index is 0.141. The van der Waals surface area contributed by atoms with Gasteiger partial charge in [0.25, 0.3) is 0 Å². The number of anilines is 1. The number of esters is 1. The van der Waals surface area contributed by atoms with E-state index < -0.39 is 11.6 Å². The average Bonchev–Trinajstić information content (AvgIpc) is 2.79. The molecule has 2 N–H and O–H groups in total. The van der Waals surface area contributed by atoms with Crippen molar-refractivity contribution in [1.29, 1.82) is 0 Å². The Bertz CT molecular complexity index is 642. The molecular formula is C13H17N5O2. The van der Waals surface area contributed by atoms with E-state index in [4.69, 9.17) is 10.5 Å². The molecule has 0 atom stereocenters. The zero-order chi connectivity index (χ0) is 14.9. The first-order chi connectivity index (χ1) is 9.26. The summed E-state index contributed by atoms with van der Waals surface area (Å²) in [7, 11) is 0. The molecule has 0 amide bonds. The SMILES string of the molecule is Cc1ncc(N)cc1-n1cc(C(=O)OC(C)(C)C)nn1. The van der Waals surface area contributed by atoms with E-state index in [2.05, 4.69) is 15.3 Å². The molecule has 0 aromatic carbocycles. The minimum atomic E-state index is -0.574. The van der Waals surface area contributed by atoms with Gasteiger partial charge in [0, 0.05) is 0 Å². The number of nitrogens with zero attached hydrogens (tertiary/aromatic N) is 4. The Morgan fingerprint density at radius 2 is 2.10 bits per heavy atom. The summed E-state index contributed by atoms with van der Waals surface area (Å²) < 4.78 is 6.69. The largest absolute Gasteiger partial charge is 0.455 e. The molecule has 0 aliphatic carbocycles. The van der Waals surface area contributed by atoms with E-state index in [1.807, 2.05) is 6.92 Å². The van der Waals surface area contributed by atoms with E-state index >= 15 is 0 Å². The van der Waals surface area contributed by atoms with Gasteiger partial charge < -0.3 is 10.5 Å². The van der Waals surface area contributed by atoms with Gasteiger partial charge in [0.2, 0.25) is 0 Å². The molecule has 0 aliphatic rings. The van der Waals surface area contributed by atoms with E-state index in [9.17, 15) is 4.79 Å². The third kappa shape index (κ3) is 3.11. The smallest absolute Gasteiger partial charge is 0.361 e. The van der Waals surface area contributed by atoms with E-state index in [1.54, 1.807) is 33.0 Å². The molecule has 2 aromatic heterocycles. The van der Waals surface area contributed by atoms with Crippen LogP contribution >= 0.6 is 0 Å². The standard InChI is InChI=1S/C13H17N5O2/c1-8-11(5-9(14)6-15-8)18-7-10(16-17-18)12(19)20-13(2,3)4/h5-7H,14H2,1-4H3. The van der Waals surface area contributed by atoms with Crippen LogP contribution < -0.4 is 5.73 Å². The predicted octanol–water partition coefficient (Wildman–Crippen LogP) is 1.51. The number of hydrogen-bond acceptors (Lipinski definition) is 6. The van der Waals surface area contributed by atoms with Crippen molar-refractivity contribution in [2.24, 2.45) is 0 Å². The van der Waals surface area contributed by atoms with Gasteiger partial charge in [-0.25, -0.2) is 9.48 Å². The summed E-state index contributed by atoms with van der Waals surface area (Å²) in [4.78, 5) is 16.0. The first-order valence-electron chi connectivity index (χ1n) is 6.14. The fourth-order valence-corrected chi connectivity index (χ4v) is 1.57. The van der Waals surface area contributed by atoms with Gasteiger partial charge in [-0.2, -0.15) is 0 Å². The van der Waals surface area contributed by atoms with Crippen molar-refractivity contribution in [3.63, 3.8) is 0 Å². The summed E-state index contributed by atoms with van der Waals surface area (Å²) >= 11 is 0. The second-order valence-corrected chi connectivity index (χ2v) is 5.42. The molecule has 0 spiro atoms. The van der Waals surface area contributed by atoms with Crippen molar-refractivity contribution in [2.75, 3.05) is 5.73 Å². The maximum Gasteiger partial charge on any atom is 0.361 e. The molecule has 2 heterocycles. The number of carbonyl (C=O) groups is 1. The van der Waals surface area contributed by atoms with Gasteiger partial charge in [0.05, 0.1) is 29.5 Å². The van der Waals surface area contributed by atoms with Crippen LogP contribution in [0.4, 0.5) is 5.69 Å². The molecule has 7 heteroatoms. The lowest BCUT2D eigenvalue weighted by Crippen LogP contribution is -2.24. The molecule has 0 saturated carbocycles. The second-order valence-electron chi connectivity index (χ2n) is 5.42. The Labute approximate surface area is 116 Å². The van der Waals surface area contributed by atoms with Crippen LogP contribution in [-0.4, -0.2) is 31.5 Å². The van der Waals surface area contributed by atoms with Gasteiger partial charge in [-0.3, -0.25) is 4.98 Å². The lowest BCUT2D eigenvalue weighted by Gasteiger charge is -2.18. The third-order valence-corrected chi connectivity index (χ3v) is 2.43. The Kier molecular flexibility index (Phi) is 3.44. The number of rotatable bonds is 2. The zero-order valence-corrected chi connectivity index (χ0v) is 11.9. The lowest BCUT2D eigenvalue weighted by molar-refractivity contribution is 0.00627. The maximum atomic E-state index is 11.9. The van der Waals surface area contributed by atoms with Crippen molar-refractivity contribution in [2.45, 2.75) is 33.3 Å². The van der Waals surface area contributed by atoms with Crippen LogP contribution in [0.5, 0.6) is 0 Å². The van der Waals surface area contributed by atoms with E-state index in [0.717, 1.165) is 5.69 Å². The molecular weight excluding hydrogens is 258 g/mol. The Morgan fingerprint density at radius 1 is 1.40 bits per heavy atom. The quantitative estimate of drug-likeness (QED) is 0.834. The van der Waals surface area contributed by atoms with Crippen molar-refractivity contribution >= 4 is 11.7 Å². The molecule has 20 heavy (non-hydrogen) atoms. The normalized spacial score (nSPS) is 11.4. The topological polar surface area (TPSA) is 95.9 Å². The Hall–Kier alpha value is -2.44. The van der Waals surface area contributed by atoms with Crippen LogP contribution in [0.25, 0.3) is 5.69 Å². The van der Waals surface area contributed by atoms with Gasteiger partial charge in [-0.05, 0) is 33.8 Å². The fraction of sp³-hybridized carbons (Fsp3) is 0.385. The number of pyridine rings is 1. The summed E-state index contributed by atoms with van der Waals surface area (Å²) in [6.07, 6.45) is 3.06. The molecule has 2 rings (SSSR count). The van der Waals surface area contributed by atoms with E-state index in [0.29, 0.717) is 11.4 Å². The highest BCUT2D eigenvalue weighted by Crippen LogP contribution is 2.15. The highest BCUT2D eigenvalue weighted by atomic mass is 16.6. The molecule has 0 radical (unpaired) electrons. The van der Waals surface area contributed by atoms with Crippen LogP contribution in [0.3, 0.4) is 0 Å². The number of nitrogens with two attached hydrogens (primary N) is 1. The van der Waals surface area contributed by atoms with Crippen molar-refractivity contribution < 1.29 is 9.53 Å². The van der Waals surface area contributed by atoms with Gasteiger partial charge in [-0.1, -0.05) is 5.21 Å². The fourth-order valence-electron chi connectivity index (χ4n) is 1.57. The molecule has 0 saturated heterocycles. The van der Waals surface area contributed by atoms with E-state index in [1.165, 1.54) is 10.9 Å². The van der Waals surface area contributed by atoms with Crippen molar-refractivity contribution in [1.82, 2.24) is 20.0 Å². The lowest BCUT2D eigenvalue weighted by atomic mass is 10.2. The van der Waals surface area contributed by atoms with Gasteiger partial charge >= 0.3 is 5.97 Å². The number of aromatic nitrogens is 4.